The number of carboxylic acids is 1. The van der Waals surface area contributed by atoms with Crippen LogP contribution in [0.2, 0.25) is 5.02 Å². The lowest BCUT2D eigenvalue weighted by molar-refractivity contribution is -0.144. The van der Waals surface area contributed by atoms with Gasteiger partial charge in [0.1, 0.15) is 0 Å². The van der Waals surface area contributed by atoms with Crippen LogP contribution in [-0.4, -0.2) is 11.1 Å². The van der Waals surface area contributed by atoms with Gasteiger partial charge in [-0.05, 0) is 48.6 Å². The third-order valence-electron chi connectivity index (χ3n) is 4.92. The molecule has 4 unspecified atom stereocenters. The van der Waals surface area contributed by atoms with Gasteiger partial charge in [-0.3, -0.25) is 4.79 Å². The van der Waals surface area contributed by atoms with Crippen molar-refractivity contribution in [2.75, 3.05) is 0 Å². The van der Waals surface area contributed by atoms with Gasteiger partial charge in [-0.25, -0.2) is 0 Å². The van der Waals surface area contributed by atoms with Crippen LogP contribution >= 0.6 is 11.6 Å². The van der Waals surface area contributed by atoms with E-state index < -0.39 is 5.97 Å². The molecule has 1 saturated carbocycles. The van der Waals surface area contributed by atoms with Crippen LogP contribution in [0, 0.1) is 23.7 Å². The van der Waals surface area contributed by atoms with E-state index >= 15 is 0 Å². The average Bonchev–Trinajstić information content (AvgIpc) is 2.41. The molecule has 0 amide bonds. The van der Waals surface area contributed by atoms with Gasteiger partial charge >= 0.3 is 5.97 Å². The molecule has 2 rings (SSSR count). The van der Waals surface area contributed by atoms with Crippen LogP contribution in [0.3, 0.4) is 0 Å². The number of rotatable bonds is 4. The van der Waals surface area contributed by atoms with E-state index in [2.05, 4.69) is 13.8 Å². The van der Waals surface area contributed by atoms with E-state index in [-0.39, 0.29) is 11.8 Å². The molecule has 1 aliphatic rings. The Bertz CT molecular complexity index is 472. The zero-order chi connectivity index (χ0) is 14.7. The van der Waals surface area contributed by atoms with Gasteiger partial charge in [0.25, 0.3) is 0 Å². The van der Waals surface area contributed by atoms with Gasteiger partial charge < -0.3 is 5.11 Å². The predicted molar refractivity (Wildman–Crippen MR) is 82.0 cm³/mol. The first-order valence-electron chi connectivity index (χ1n) is 7.45. The van der Waals surface area contributed by atoms with Crippen molar-refractivity contribution < 1.29 is 9.90 Å². The standard InChI is InChI=1S/C17H23ClO2/c1-11-7-8-13(9-12(11)2)15(17(19)20)10-14-5-3-4-6-16(14)18/h3-6,11-13,15H,7-10H2,1-2H3,(H,19,20). The van der Waals surface area contributed by atoms with E-state index in [0.717, 1.165) is 24.8 Å². The van der Waals surface area contributed by atoms with Gasteiger partial charge in [-0.2, -0.15) is 0 Å². The van der Waals surface area contributed by atoms with E-state index in [0.29, 0.717) is 23.3 Å². The fraction of sp³-hybridized carbons (Fsp3) is 0.588. The van der Waals surface area contributed by atoms with Crippen molar-refractivity contribution >= 4 is 17.6 Å². The van der Waals surface area contributed by atoms with Gasteiger partial charge in [0.15, 0.2) is 0 Å². The molecule has 0 radical (unpaired) electrons. The van der Waals surface area contributed by atoms with Crippen LogP contribution in [0.1, 0.15) is 38.7 Å². The number of carbonyl (C=O) groups is 1. The highest BCUT2D eigenvalue weighted by Gasteiger charge is 2.34. The summed E-state index contributed by atoms with van der Waals surface area (Å²) in [5.74, 6) is 0.597. The van der Waals surface area contributed by atoms with E-state index in [4.69, 9.17) is 11.6 Å². The molecule has 1 aromatic carbocycles. The van der Waals surface area contributed by atoms with Crippen molar-refractivity contribution in [1.82, 2.24) is 0 Å². The summed E-state index contributed by atoms with van der Waals surface area (Å²) in [4.78, 5) is 11.7. The molecular formula is C17H23ClO2. The van der Waals surface area contributed by atoms with Gasteiger partial charge in [-0.15, -0.1) is 0 Å². The second kappa shape index (κ2) is 6.62. The highest BCUT2D eigenvalue weighted by molar-refractivity contribution is 6.31. The Morgan fingerprint density at radius 2 is 2.00 bits per heavy atom. The zero-order valence-corrected chi connectivity index (χ0v) is 12.9. The van der Waals surface area contributed by atoms with Crippen LogP contribution in [0.25, 0.3) is 0 Å². The molecule has 20 heavy (non-hydrogen) atoms. The minimum atomic E-state index is -0.684. The summed E-state index contributed by atoms with van der Waals surface area (Å²) >= 11 is 6.17. The molecule has 1 aromatic rings. The lowest BCUT2D eigenvalue weighted by Gasteiger charge is -2.35. The molecule has 1 fully saturated rings. The smallest absolute Gasteiger partial charge is 0.307 e. The number of carboxylic acid groups (broad SMARTS) is 1. The molecule has 110 valence electrons. The summed E-state index contributed by atoms with van der Waals surface area (Å²) in [5.41, 5.74) is 0.952. The average molecular weight is 295 g/mol. The maximum Gasteiger partial charge on any atom is 0.307 e. The summed E-state index contributed by atoms with van der Waals surface area (Å²) in [7, 11) is 0. The number of hydrogen-bond acceptors (Lipinski definition) is 1. The highest BCUT2D eigenvalue weighted by atomic mass is 35.5. The highest BCUT2D eigenvalue weighted by Crippen LogP contribution is 2.38. The first-order valence-corrected chi connectivity index (χ1v) is 7.83. The molecule has 4 atom stereocenters. The number of halogens is 1. The molecule has 1 aliphatic carbocycles. The first-order chi connectivity index (χ1) is 9.49. The molecule has 0 aromatic heterocycles. The summed E-state index contributed by atoms with van der Waals surface area (Å²) in [6.45, 7) is 4.51. The van der Waals surface area contributed by atoms with Gasteiger partial charge in [0, 0.05) is 5.02 Å². The molecule has 2 nitrogen and oxygen atoms in total. The summed E-state index contributed by atoms with van der Waals surface area (Å²) in [6.07, 6.45) is 3.72. The maximum atomic E-state index is 11.7. The third-order valence-corrected chi connectivity index (χ3v) is 5.29. The summed E-state index contributed by atoms with van der Waals surface area (Å²) in [5, 5.41) is 10.3. The Hall–Kier alpha value is -1.02. The van der Waals surface area contributed by atoms with Crippen molar-refractivity contribution in [3.05, 3.63) is 34.9 Å². The fourth-order valence-corrected chi connectivity index (χ4v) is 3.52. The quantitative estimate of drug-likeness (QED) is 0.877. The zero-order valence-electron chi connectivity index (χ0n) is 12.2. The minimum absolute atomic E-state index is 0.273. The number of aliphatic carboxylic acids is 1. The summed E-state index contributed by atoms with van der Waals surface area (Å²) < 4.78 is 0. The van der Waals surface area contributed by atoms with Gasteiger partial charge in [-0.1, -0.05) is 50.1 Å². The van der Waals surface area contributed by atoms with Crippen LogP contribution in [-0.2, 0) is 11.2 Å². The van der Waals surface area contributed by atoms with Crippen molar-refractivity contribution in [3.8, 4) is 0 Å². The van der Waals surface area contributed by atoms with Gasteiger partial charge in [0.2, 0.25) is 0 Å². The van der Waals surface area contributed by atoms with E-state index in [1.165, 1.54) is 0 Å². The number of hydrogen-bond donors (Lipinski definition) is 1. The molecule has 0 saturated heterocycles. The van der Waals surface area contributed by atoms with Crippen molar-refractivity contribution in [3.63, 3.8) is 0 Å². The molecule has 0 spiro atoms. The van der Waals surface area contributed by atoms with Crippen LogP contribution in [0.5, 0.6) is 0 Å². The number of benzene rings is 1. The summed E-state index contributed by atoms with van der Waals surface area (Å²) in [6, 6.07) is 7.58. The van der Waals surface area contributed by atoms with Crippen molar-refractivity contribution in [2.24, 2.45) is 23.7 Å². The van der Waals surface area contributed by atoms with E-state index in [9.17, 15) is 9.90 Å². The Kier molecular flexibility index (Phi) is 5.09. The SMILES string of the molecule is CC1CCC(C(Cc2ccccc2Cl)C(=O)O)CC1C. The Labute approximate surface area is 126 Å². The topological polar surface area (TPSA) is 37.3 Å². The second-order valence-electron chi connectivity index (χ2n) is 6.27. The second-order valence-corrected chi connectivity index (χ2v) is 6.68. The van der Waals surface area contributed by atoms with Gasteiger partial charge in [0.05, 0.1) is 5.92 Å². The first kappa shape index (κ1) is 15.4. The lowest BCUT2D eigenvalue weighted by Crippen LogP contribution is -2.32. The van der Waals surface area contributed by atoms with Crippen LogP contribution in [0.4, 0.5) is 0 Å². The van der Waals surface area contributed by atoms with Crippen molar-refractivity contribution in [1.29, 1.82) is 0 Å². The van der Waals surface area contributed by atoms with Crippen LogP contribution < -0.4 is 0 Å². The lowest BCUT2D eigenvalue weighted by atomic mass is 9.70. The Morgan fingerprint density at radius 1 is 1.30 bits per heavy atom. The molecule has 3 heteroatoms. The van der Waals surface area contributed by atoms with E-state index in [1.807, 2.05) is 24.3 Å². The fourth-order valence-electron chi connectivity index (χ4n) is 3.31. The molecular weight excluding hydrogens is 272 g/mol. The molecule has 0 aliphatic heterocycles. The Balaban J connectivity index is 2.12. The largest absolute Gasteiger partial charge is 0.481 e. The Morgan fingerprint density at radius 3 is 2.60 bits per heavy atom. The minimum Gasteiger partial charge on any atom is -0.481 e. The monoisotopic (exact) mass is 294 g/mol. The molecule has 0 bridgehead atoms. The van der Waals surface area contributed by atoms with E-state index in [1.54, 1.807) is 0 Å². The normalized spacial score (nSPS) is 28.1. The maximum absolute atomic E-state index is 11.7. The molecule has 1 N–H and O–H groups in total. The molecule has 0 heterocycles. The third kappa shape index (κ3) is 3.54. The van der Waals surface area contributed by atoms with Crippen LogP contribution in [0.15, 0.2) is 24.3 Å². The predicted octanol–water partition coefficient (Wildman–Crippen LogP) is 4.66. The van der Waals surface area contributed by atoms with Crippen molar-refractivity contribution in [2.45, 2.75) is 39.5 Å².